The van der Waals surface area contributed by atoms with Crippen LogP contribution in [-0.4, -0.2) is 102 Å². The minimum atomic E-state index is -3.27. The van der Waals surface area contributed by atoms with E-state index in [0.29, 0.717) is 13.2 Å². The van der Waals surface area contributed by atoms with Crippen molar-refractivity contribution in [3.8, 4) is 45.4 Å². The maximum Gasteiger partial charge on any atom is 0.175 e. The van der Waals surface area contributed by atoms with Crippen LogP contribution in [0.15, 0.2) is 180 Å². The van der Waals surface area contributed by atoms with Gasteiger partial charge >= 0.3 is 0 Å². The summed E-state index contributed by atoms with van der Waals surface area (Å²) in [6.45, 7) is 7.01. The quantitative estimate of drug-likeness (QED) is 0.103. The second kappa shape index (κ2) is 21.6. The zero-order chi connectivity index (χ0) is 48.5. The summed E-state index contributed by atoms with van der Waals surface area (Å²) in [6.07, 6.45) is 2.41. The fourth-order valence-electron chi connectivity index (χ4n) is 8.19. The molecular formula is C54H54N6O8S2. The van der Waals surface area contributed by atoms with Crippen molar-refractivity contribution in [2.24, 2.45) is 0 Å². The maximum atomic E-state index is 11.9. The lowest BCUT2D eigenvalue weighted by Crippen LogP contribution is -2.36. The van der Waals surface area contributed by atoms with Crippen molar-refractivity contribution in [1.82, 2.24) is 19.6 Å². The summed E-state index contributed by atoms with van der Waals surface area (Å²) in [4.78, 5) is 5.13. The highest BCUT2D eigenvalue weighted by Gasteiger charge is 2.18. The number of aromatic nitrogens is 4. The van der Waals surface area contributed by atoms with Gasteiger partial charge in [-0.2, -0.15) is 10.2 Å². The van der Waals surface area contributed by atoms with E-state index in [1.54, 1.807) is 48.5 Å². The second-order valence-corrected chi connectivity index (χ2v) is 20.9. The Morgan fingerprint density at radius 2 is 0.814 bits per heavy atom. The Bertz CT molecular complexity index is 3010. The molecule has 0 unspecified atom stereocenters. The molecule has 360 valence electrons. The Labute approximate surface area is 409 Å². The zero-order valence-electron chi connectivity index (χ0n) is 39.0. The van der Waals surface area contributed by atoms with Crippen molar-refractivity contribution < 1.29 is 35.8 Å². The van der Waals surface area contributed by atoms with E-state index < -0.39 is 19.7 Å². The molecule has 2 aliphatic rings. The van der Waals surface area contributed by atoms with Gasteiger partial charge in [-0.1, -0.05) is 72.8 Å². The third-order valence-electron chi connectivity index (χ3n) is 11.8. The normalized spacial score (nSPS) is 14.1. The molecule has 2 aromatic heterocycles. The Balaban J connectivity index is 0.000000174. The van der Waals surface area contributed by atoms with Gasteiger partial charge in [0.15, 0.2) is 19.7 Å². The van der Waals surface area contributed by atoms with Gasteiger partial charge in [0, 0.05) is 73.3 Å². The lowest BCUT2D eigenvalue weighted by Gasteiger charge is -2.29. The lowest BCUT2D eigenvalue weighted by molar-refractivity contribution is 0.122. The first kappa shape index (κ1) is 47.8. The summed E-state index contributed by atoms with van der Waals surface area (Å²) < 4.78 is 74.3. The minimum Gasteiger partial charge on any atom is -0.487 e. The molecule has 8 aromatic rings. The highest BCUT2D eigenvalue weighted by atomic mass is 32.2. The molecule has 6 aromatic carbocycles. The fraction of sp³-hybridized carbons (Fsp3) is 0.222. The molecule has 0 radical (unpaired) electrons. The summed E-state index contributed by atoms with van der Waals surface area (Å²) in [5.41, 5.74) is 9.14. The first-order chi connectivity index (χ1) is 33.9. The SMILES string of the molecule is CS(=O)(=O)c1ccc(-n2nc(COc3cccc(N4CCOCC4)c3)cc2-c2ccccc2)cc1.CS(=O)(=O)c1ccc(-n2nc(COc3cccc(N4CCOCC4)c3)cc2-c2ccccc2)cc1. The van der Waals surface area contributed by atoms with Gasteiger partial charge in [-0.05, 0) is 84.9 Å². The zero-order valence-corrected chi connectivity index (χ0v) is 40.6. The summed E-state index contributed by atoms with van der Waals surface area (Å²) >= 11 is 0. The van der Waals surface area contributed by atoms with Crippen LogP contribution in [0.25, 0.3) is 33.9 Å². The van der Waals surface area contributed by atoms with E-state index in [4.69, 9.17) is 29.1 Å². The van der Waals surface area contributed by atoms with Gasteiger partial charge < -0.3 is 28.7 Å². The number of hydrogen-bond donors (Lipinski definition) is 0. The first-order valence-corrected chi connectivity index (χ1v) is 26.7. The summed E-state index contributed by atoms with van der Waals surface area (Å²) in [6, 6.07) is 53.6. The Morgan fingerprint density at radius 3 is 1.17 bits per heavy atom. The van der Waals surface area contributed by atoms with Gasteiger partial charge in [-0.25, -0.2) is 26.2 Å². The Morgan fingerprint density at radius 1 is 0.443 bits per heavy atom. The molecule has 2 saturated heterocycles. The van der Waals surface area contributed by atoms with Crippen LogP contribution in [0.1, 0.15) is 11.4 Å². The van der Waals surface area contributed by atoms with Gasteiger partial charge in [0.1, 0.15) is 36.1 Å². The van der Waals surface area contributed by atoms with Gasteiger partial charge in [-0.3, -0.25) is 0 Å². The van der Waals surface area contributed by atoms with E-state index in [1.807, 2.05) is 119 Å². The number of rotatable bonds is 14. The van der Waals surface area contributed by atoms with Crippen molar-refractivity contribution in [2.45, 2.75) is 23.0 Å². The van der Waals surface area contributed by atoms with Crippen LogP contribution in [0, 0.1) is 0 Å². The van der Waals surface area contributed by atoms with E-state index in [9.17, 15) is 16.8 Å². The van der Waals surface area contributed by atoms with Crippen LogP contribution in [0.4, 0.5) is 11.4 Å². The van der Waals surface area contributed by atoms with Crippen molar-refractivity contribution in [3.05, 3.63) is 181 Å². The molecule has 0 amide bonds. The number of morpholine rings is 2. The number of anilines is 2. The van der Waals surface area contributed by atoms with Crippen molar-refractivity contribution in [3.63, 3.8) is 0 Å². The number of ether oxygens (including phenoxy) is 4. The van der Waals surface area contributed by atoms with E-state index in [2.05, 4.69) is 21.9 Å². The molecule has 16 heteroatoms. The molecule has 2 aliphatic heterocycles. The molecule has 0 atom stereocenters. The van der Waals surface area contributed by atoms with Crippen molar-refractivity contribution in [1.29, 1.82) is 0 Å². The molecule has 4 heterocycles. The van der Waals surface area contributed by atoms with Gasteiger partial charge in [-0.15, -0.1) is 0 Å². The van der Waals surface area contributed by atoms with Crippen LogP contribution < -0.4 is 19.3 Å². The summed E-state index contributed by atoms with van der Waals surface area (Å²) in [7, 11) is -6.54. The number of hydrogen-bond acceptors (Lipinski definition) is 12. The molecule has 10 rings (SSSR count). The third-order valence-corrected chi connectivity index (χ3v) is 14.1. The smallest absolute Gasteiger partial charge is 0.175 e. The monoisotopic (exact) mass is 978 g/mol. The topological polar surface area (TPSA) is 147 Å². The Kier molecular flexibility index (Phi) is 14.7. The summed E-state index contributed by atoms with van der Waals surface area (Å²) in [5, 5.41) is 9.58. The van der Waals surface area contributed by atoms with E-state index in [0.717, 1.165) is 121 Å². The molecule has 14 nitrogen and oxygen atoms in total. The summed E-state index contributed by atoms with van der Waals surface area (Å²) in [5.74, 6) is 1.56. The maximum absolute atomic E-state index is 11.9. The highest BCUT2D eigenvalue weighted by molar-refractivity contribution is 7.91. The van der Waals surface area contributed by atoms with Crippen LogP contribution in [-0.2, 0) is 42.4 Å². The third kappa shape index (κ3) is 11.9. The molecule has 2 fully saturated rings. The Hall–Kier alpha value is -7.24. The van der Waals surface area contributed by atoms with Gasteiger partial charge in [0.05, 0.1) is 59.0 Å². The van der Waals surface area contributed by atoms with Crippen LogP contribution in [0.3, 0.4) is 0 Å². The molecular weight excluding hydrogens is 925 g/mol. The van der Waals surface area contributed by atoms with Crippen molar-refractivity contribution in [2.75, 3.05) is 74.9 Å². The van der Waals surface area contributed by atoms with Gasteiger partial charge in [0.2, 0.25) is 0 Å². The molecule has 0 aliphatic carbocycles. The van der Waals surface area contributed by atoms with Gasteiger partial charge in [0.25, 0.3) is 0 Å². The minimum absolute atomic E-state index is 0.276. The van der Waals surface area contributed by atoms with Crippen LogP contribution in [0.2, 0.25) is 0 Å². The van der Waals surface area contributed by atoms with Crippen LogP contribution >= 0.6 is 0 Å². The molecule has 70 heavy (non-hydrogen) atoms. The number of sulfone groups is 2. The predicted molar refractivity (Wildman–Crippen MR) is 272 cm³/mol. The van der Waals surface area contributed by atoms with Crippen molar-refractivity contribution >= 4 is 31.0 Å². The number of benzene rings is 6. The largest absolute Gasteiger partial charge is 0.487 e. The van der Waals surface area contributed by atoms with E-state index >= 15 is 0 Å². The second-order valence-electron chi connectivity index (χ2n) is 16.9. The molecule has 0 N–H and O–H groups in total. The van der Waals surface area contributed by atoms with E-state index in [1.165, 1.54) is 12.5 Å². The number of nitrogens with zero attached hydrogens (tertiary/aromatic N) is 6. The molecule has 0 bridgehead atoms. The molecule has 0 spiro atoms. The predicted octanol–water partition coefficient (Wildman–Crippen LogP) is 8.72. The first-order valence-electron chi connectivity index (χ1n) is 23.0. The fourth-order valence-corrected chi connectivity index (χ4v) is 9.45. The average Bonchev–Trinajstić information content (AvgIpc) is 4.04. The standard InChI is InChI=1S/2C27H27N3O4S/c2*1-35(31,32)26-12-10-23(11-13-26)30-27(21-6-3-2-4-7-21)18-22(28-30)20-34-25-9-5-8-24(19-25)29-14-16-33-17-15-29/h2*2-13,18-19H,14-17,20H2,1H3. The average molecular weight is 979 g/mol. The van der Waals surface area contributed by atoms with Crippen LogP contribution in [0.5, 0.6) is 11.5 Å². The highest BCUT2D eigenvalue weighted by Crippen LogP contribution is 2.29. The van der Waals surface area contributed by atoms with E-state index in [-0.39, 0.29) is 9.79 Å². The molecule has 0 saturated carbocycles. The lowest BCUT2D eigenvalue weighted by atomic mass is 10.1.